The summed E-state index contributed by atoms with van der Waals surface area (Å²) in [6.45, 7) is 3.43. The highest BCUT2D eigenvalue weighted by Gasteiger charge is 2.05. The molecule has 0 bridgehead atoms. The van der Waals surface area contributed by atoms with Gasteiger partial charge in [0.25, 0.3) is 0 Å². The molecule has 0 heterocycles. The van der Waals surface area contributed by atoms with Gasteiger partial charge in [-0.2, -0.15) is 0 Å². The average molecular weight is 183 g/mol. The summed E-state index contributed by atoms with van der Waals surface area (Å²) in [7, 11) is 1.88. The van der Waals surface area contributed by atoms with Gasteiger partial charge in [-0.3, -0.25) is 9.69 Å². The molecule has 0 saturated carbocycles. The summed E-state index contributed by atoms with van der Waals surface area (Å²) in [5.41, 5.74) is 0. The zero-order valence-corrected chi connectivity index (χ0v) is 8.38. The average Bonchev–Trinajstić information content (AvgIpc) is 2.05. The molecule has 0 aromatic heterocycles. The quantitative estimate of drug-likeness (QED) is 0.348. The molecule has 0 unspecified atom stereocenters. The molecule has 0 saturated heterocycles. The molecule has 0 fully saturated rings. The molecule has 0 spiro atoms. The number of unbranched alkanes of at least 4 members (excludes halogenated alkanes) is 1. The van der Waals surface area contributed by atoms with E-state index in [-0.39, 0.29) is 5.97 Å². The molecule has 0 aliphatic carbocycles. The first-order valence-corrected chi connectivity index (χ1v) is 4.48. The standard InChI is InChI=1S/C10H17NO2/c1-4-6-7-8-11(3)9-10(12)13-5-2/h1H,5-9H2,2-3H3. The molecule has 0 aromatic rings. The van der Waals surface area contributed by atoms with Crippen LogP contribution in [0.4, 0.5) is 0 Å². The van der Waals surface area contributed by atoms with Crippen molar-refractivity contribution in [1.29, 1.82) is 0 Å². The van der Waals surface area contributed by atoms with Crippen molar-refractivity contribution in [2.45, 2.75) is 19.8 Å². The van der Waals surface area contributed by atoms with Crippen molar-refractivity contribution in [2.75, 3.05) is 26.7 Å². The van der Waals surface area contributed by atoms with Crippen LogP contribution in [0.5, 0.6) is 0 Å². The van der Waals surface area contributed by atoms with Crippen LogP contribution in [-0.4, -0.2) is 37.6 Å². The molecule has 13 heavy (non-hydrogen) atoms. The monoisotopic (exact) mass is 183 g/mol. The summed E-state index contributed by atoms with van der Waals surface area (Å²) in [5, 5.41) is 0. The number of carbonyl (C=O) groups is 1. The van der Waals surface area contributed by atoms with E-state index in [0.29, 0.717) is 13.2 Å². The Hall–Kier alpha value is -1.01. The van der Waals surface area contributed by atoms with E-state index in [1.165, 1.54) is 0 Å². The zero-order chi connectivity index (χ0) is 10.1. The van der Waals surface area contributed by atoms with Crippen LogP contribution in [0.15, 0.2) is 0 Å². The minimum atomic E-state index is -0.175. The van der Waals surface area contributed by atoms with Gasteiger partial charge >= 0.3 is 5.97 Å². The van der Waals surface area contributed by atoms with Crippen molar-refractivity contribution in [3.63, 3.8) is 0 Å². The highest BCUT2D eigenvalue weighted by Crippen LogP contribution is 1.92. The fraction of sp³-hybridized carbons (Fsp3) is 0.700. The normalized spacial score (nSPS) is 9.69. The fourth-order valence-electron chi connectivity index (χ4n) is 0.957. The lowest BCUT2D eigenvalue weighted by Crippen LogP contribution is -2.28. The first kappa shape index (κ1) is 12.0. The van der Waals surface area contributed by atoms with Crippen molar-refractivity contribution >= 4 is 5.97 Å². The van der Waals surface area contributed by atoms with Gasteiger partial charge in [-0.05, 0) is 26.9 Å². The molecule has 0 rings (SSSR count). The molecule has 0 aromatic carbocycles. The summed E-state index contributed by atoms with van der Waals surface area (Å²) >= 11 is 0. The van der Waals surface area contributed by atoms with E-state index in [9.17, 15) is 4.79 Å². The van der Waals surface area contributed by atoms with Crippen LogP contribution in [0, 0.1) is 12.3 Å². The van der Waals surface area contributed by atoms with E-state index in [1.54, 1.807) is 6.92 Å². The number of nitrogens with zero attached hydrogens (tertiary/aromatic N) is 1. The number of rotatable bonds is 6. The second-order valence-electron chi connectivity index (χ2n) is 2.85. The van der Waals surface area contributed by atoms with Crippen LogP contribution in [0.2, 0.25) is 0 Å². The van der Waals surface area contributed by atoms with E-state index in [0.717, 1.165) is 19.4 Å². The largest absolute Gasteiger partial charge is 0.465 e. The fourth-order valence-corrected chi connectivity index (χ4v) is 0.957. The lowest BCUT2D eigenvalue weighted by molar-refractivity contribution is -0.144. The molecule has 74 valence electrons. The van der Waals surface area contributed by atoms with Gasteiger partial charge in [-0.1, -0.05) is 0 Å². The van der Waals surface area contributed by atoms with Gasteiger partial charge < -0.3 is 4.74 Å². The van der Waals surface area contributed by atoms with Gasteiger partial charge in [0.15, 0.2) is 0 Å². The second-order valence-corrected chi connectivity index (χ2v) is 2.85. The van der Waals surface area contributed by atoms with Crippen LogP contribution < -0.4 is 0 Å². The van der Waals surface area contributed by atoms with E-state index < -0.39 is 0 Å². The summed E-state index contributed by atoms with van der Waals surface area (Å²) in [6.07, 6.45) is 6.78. The Bertz CT molecular complexity index is 184. The minimum absolute atomic E-state index is 0.175. The molecular weight excluding hydrogens is 166 g/mol. The van der Waals surface area contributed by atoms with Gasteiger partial charge in [0, 0.05) is 6.42 Å². The highest BCUT2D eigenvalue weighted by molar-refractivity contribution is 5.71. The van der Waals surface area contributed by atoms with Crippen molar-refractivity contribution in [2.24, 2.45) is 0 Å². The SMILES string of the molecule is C#CCCCN(C)CC(=O)OCC. The number of terminal acetylenes is 1. The molecule has 0 N–H and O–H groups in total. The van der Waals surface area contributed by atoms with E-state index >= 15 is 0 Å². The van der Waals surface area contributed by atoms with Crippen LogP contribution >= 0.6 is 0 Å². The van der Waals surface area contributed by atoms with Gasteiger partial charge in [0.05, 0.1) is 13.2 Å². The molecular formula is C10H17NO2. The Morgan fingerprint density at radius 1 is 1.62 bits per heavy atom. The molecule has 0 aliphatic rings. The lowest BCUT2D eigenvalue weighted by Gasteiger charge is -2.14. The van der Waals surface area contributed by atoms with Crippen molar-refractivity contribution in [3.8, 4) is 12.3 Å². The maximum absolute atomic E-state index is 11.0. The molecule has 3 nitrogen and oxygen atoms in total. The molecule has 0 aliphatic heterocycles. The number of hydrogen-bond donors (Lipinski definition) is 0. The van der Waals surface area contributed by atoms with E-state index in [2.05, 4.69) is 5.92 Å². The third-order valence-electron chi connectivity index (χ3n) is 1.57. The Morgan fingerprint density at radius 3 is 2.85 bits per heavy atom. The number of hydrogen-bond acceptors (Lipinski definition) is 3. The summed E-state index contributed by atoms with van der Waals surface area (Å²) in [4.78, 5) is 12.9. The lowest BCUT2D eigenvalue weighted by atomic mass is 10.3. The smallest absolute Gasteiger partial charge is 0.320 e. The number of esters is 1. The first-order chi connectivity index (χ1) is 6.20. The van der Waals surface area contributed by atoms with E-state index in [1.807, 2.05) is 11.9 Å². The van der Waals surface area contributed by atoms with Crippen LogP contribution in [0.1, 0.15) is 19.8 Å². The van der Waals surface area contributed by atoms with Gasteiger partial charge in [0.1, 0.15) is 0 Å². The Labute approximate surface area is 80.1 Å². The predicted molar refractivity (Wildman–Crippen MR) is 52.2 cm³/mol. The Balaban J connectivity index is 3.44. The van der Waals surface area contributed by atoms with Crippen LogP contribution in [0.25, 0.3) is 0 Å². The third-order valence-corrected chi connectivity index (χ3v) is 1.57. The van der Waals surface area contributed by atoms with Crippen molar-refractivity contribution in [1.82, 2.24) is 4.90 Å². The Morgan fingerprint density at radius 2 is 2.31 bits per heavy atom. The molecule has 0 amide bonds. The second kappa shape index (κ2) is 7.63. The predicted octanol–water partition coefficient (Wildman–Crippen LogP) is 0.895. The summed E-state index contributed by atoms with van der Waals surface area (Å²) in [5.74, 6) is 2.38. The van der Waals surface area contributed by atoms with Gasteiger partial charge in [-0.15, -0.1) is 12.3 Å². The molecule has 3 heteroatoms. The van der Waals surface area contributed by atoms with Crippen molar-refractivity contribution in [3.05, 3.63) is 0 Å². The van der Waals surface area contributed by atoms with Gasteiger partial charge in [-0.25, -0.2) is 0 Å². The zero-order valence-electron chi connectivity index (χ0n) is 8.38. The number of likely N-dealkylation sites (N-methyl/N-ethyl adjacent to an activating group) is 1. The van der Waals surface area contributed by atoms with E-state index in [4.69, 9.17) is 11.2 Å². The molecule has 0 atom stereocenters. The first-order valence-electron chi connectivity index (χ1n) is 4.48. The Kier molecular flexibility index (Phi) is 7.04. The van der Waals surface area contributed by atoms with Crippen LogP contribution in [0.3, 0.4) is 0 Å². The van der Waals surface area contributed by atoms with Crippen LogP contribution in [-0.2, 0) is 9.53 Å². The van der Waals surface area contributed by atoms with Crippen molar-refractivity contribution < 1.29 is 9.53 Å². The summed E-state index contributed by atoms with van der Waals surface area (Å²) in [6, 6.07) is 0. The topological polar surface area (TPSA) is 29.5 Å². The maximum atomic E-state index is 11.0. The minimum Gasteiger partial charge on any atom is -0.465 e. The maximum Gasteiger partial charge on any atom is 0.320 e. The number of carbonyl (C=O) groups excluding carboxylic acids is 1. The van der Waals surface area contributed by atoms with Gasteiger partial charge in [0.2, 0.25) is 0 Å². The third kappa shape index (κ3) is 7.35. The highest BCUT2D eigenvalue weighted by atomic mass is 16.5. The molecule has 0 radical (unpaired) electrons. The number of ether oxygens (including phenoxy) is 1. The summed E-state index contributed by atoms with van der Waals surface area (Å²) < 4.78 is 4.80.